The van der Waals surface area contributed by atoms with Crippen LogP contribution in [0.25, 0.3) is 0 Å². The minimum Gasteiger partial charge on any atom is -0.391 e. The van der Waals surface area contributed by atoms with E-state index in [1.807, 2.05) is 0 Å². The lowest BCUT2D eigenvalue weighted by Crippen LogP contribution is -2.30. The van der Waals surface area contributed by atoms with Crippen LogP contribution in [0.5, 0.6) is 0 Å². The van der Waals surface area contributed by atoms with Crippen molar-refractivity contribution < 1.29 is 15.0 Å². The van der Waals surface area contributed by atoms with Crippen LogP contribution in [0.4, 0.5) is 0 Å². The van der Waals surface area contributed by atoms with Crippen molar-refractivity contribution >= 4 is 5.91 Å². The van der Waals surface area contributed by atoms with E-state index in [1.54, 1.807) is 0 Å². The molecule has 1 amide bonds. The Bertz CT molecular complexity index is 251. The summed E-state index contributed by atoms with van der Waals surface area (Å²) in [6.45, 7) is 3.83. The lowest BCUT2D eigenvalue weighted by atomic mass is 10.1. The summed E-state index contributed by atoms with van der Waals surface area (Å²) in [6, 6.07) is -0.236. The molecule has 2 fully saturated rings. The molecule has 2 heterocycles. The van der Waals surface area contributed by atoms with Crippen LogP contribution in [-0.4, -0.2) is 45.8 Å². The Morgan fingerprint density at radius 1 is 1.50 bits per heavy atom. The zero-order valence-corrected chi connectivity index (χ0v) is 6.60. The Balaban J connectivity index is 2.26. The molecule has 0 aromatic rings. The van der Waals surface area contributed by atoms with E-state index >= 15 is 0 Å². The van der Waals surface area contributed by atoms with Gasteiger partial charge in [-0.15, -0.1) is 0 Å². The largest absolute Gasteiger partial charge is 0.391 e. The van der Waals surface area contributed by atoms with Crippen molar-refractivity contribution in [2.24, 2.45) is 0 Å². The summed E-state index contributed by atoms with van der Waals surface area (Å²) in [7, 11) is 0. The fourth-order valence-electron chi connectivity index (χ4n) is 1.92. The second kappa shape index (κ2) is 2.31. The molecule has 0 spiro atoms. The first-order valence-corrected chi connectivity index (χ1v) is 3.97. The Kier molecular flexibility index (Phi) is 1.49. The Labute approximate surface area is 70.1 Å². The van der Waals surface area contributed by atoms with Gasteiger partial charge in [0.2, 0.25) is 0 Å². The number of aliphatic hydroxyl groups excluding tert-OH is 2. The number of aliphatic hydroxyl groups is 2. The van der Waals surface area contributed by atoms with Gasteiger partial charge in [-0.05, 0) is 6.42 Å². The average molecular weight is 169 g/mol. The molecule has 2 saturated heterocycles. The zero-order chi connectivity index (χ0) is 8.88. The van der Waals surface area contributed by atoms with Crippen LogP contribution < -0.4 is 0 Å². The van der Waals surface area contributed by atoms with Crippen molar-refractivity contribution in [3.63, 3.8) is 0 Å². The number of carbonyl (C=O) groups excluding carboxylic acids is 1. The van der Waals surface area contributed by atoms with Gasteiger partial charge in [-0.25, -0.2) is 0 Å². The first-order valence-electron chi connectivity index (χ1n) is 3.97. The van der Waals surface area contributed by atoms with Crippen molar-refractivity contribution in [1.29, 1.82) is 0 Å². The molecule has 0 saturated carbocycles. The normalized spacial score (nSPS) is 40.8. The Hall–Kier alpha value is -0.870. The summed E-state index contributed by atoms with van der Waals surface area (Å²) >= 11 is 0. The van der Waals surface area contributed by atoms with Crippen molar-refractivity contribution in [1.82, 2.24) is 4.90 Å². The molecule has 0 radical (unpaired) electrons. The van der Waals surface area contributed by atoms with Crippen LogP contribution in [0.15, 0.2) is 12.2 Å². The first kappa shape index (κ1) is 7.76. The van der Waals surface area contributed by atoms with Gasteiger partial charge < -0.3 is 15.1 Å². The number of rotatable bonds is 0. The fourth-order valence-corrected chi connectivity index (χ4v) is 1.92. The van der Waals surface area contributed by atoms with Gasteiger partial charge in [-0.2, -0.15) is 0 Å². The number of nitrogens with zero attached hydrogens (tertiary/aromatic N) is 1. The van der Waals surface area contributed by atoms with E-state index in [1.165, 1.54) is 4.90 Å². The van der Waals surface area contributed by atoms with Gasteiger partial charge in [-0.1, -0.05) is 6.58 Å². The SMILES string of the molecule is C=C1C(=O)N2C[C@H](O)C[C@@H]2[C@H]1O. The molecule has 0 unspecified atom stereocenters. The summed E-state index contributed by atoms with van der Waals surface area (Å²) in [5.41, 5.74) is 0.256. The molecule has 66 valence electrons. The summed E-state index contributed by atoms with van der Waals surface area (Å²) in [6.07, 6.45) is -0.803. The molecule has 0 aromatic heterocycles. The van der Waals surface area contributed by atoms with Crippen molar-refractivity contribution in [2.45, 2.75) is 24.7 Å². The lowest BCUT2D eigenvalue weighted by Gasteiger charge is -2.14. The van der Waals surface area contributed by atoms with Gasteiger partial charge in [0.25, 0.3) is 5.91 Å². The van der Waals surface area contributed by atoms with E-state index < -0.39 is 12.2 Å². The predicted molar refractivity (Wildman–Crippen MR) is 41.3 cm³/mol. The predicted octanol–water partition coefficient (Wildman–Crippen LogP) is -1.12. The summed E-state index contributed by atoms with van der Waals surface area (Å²) < 4.78 is 0. The lowest BCUT2D eigenvalue weighted by molar-refractivity contribution is -0.125. The highest BCUT2D eigenvalue weighted by Gasteiger charge is 2.47. The summed E-state index contributed by atoms with van der Waals surface area (Å²) in [5.74, 6) is -0.218. The second-order valence-electron chi connectivity index (χ2n) is 3.38. The van der Waals surface area contributed by atoms with E-state index in [0.29, 0.717) is 13.0 Å². The van der Waals surface area contributed by atoms with Crippen LogP contribution in [-0.2, 0) is 4.79 Å². The van der Waals surface area contributed by atoms with Gasteiger partial charge >= 0.3 is 0 Å². The molecule has 12 heavy (non-hydrogen) atoms. The Morgan fingerprint density at radius 3 is 2.75 bits per heavy atom. The van der Waals surface area contributed by atoms with Gasteiger partial charge in [-0.3, -0.25) is 4.79 Å². The molecule has 2 N–H and O–H groups in total. The number of fused-ring (bicyclic) bond motifs is 1. The molecule has 2 aliphatic heterocycles. The fraction of sp³-hybridized carbons (Fsp3) is 0.625. The minimum absolute atomic E-state index is 0.218. The van der Waals surface area contributed by atoms with E-state index in [2.05, 4.69) is 6.58 Å². The van der Waals surface area contributed by atoms with Gasteiger partial charge in [0.1, 0.15) is 6.10 Å². The van der Waals surface area contributed by atoms with E-state index in [4.69, 9.17) is 0 Å². The molecule has 0 bridgehead atoms. The van der Waals surface area contributed by atoms with E-state index in [9.17, 15) is 15.0 Å². The molecule has 2 rings (SSSR count). The molecule has 4 heteroatoms. The van der Waals surface area contributed by atoms with Crippen LogP contribution in [0.1, 0.15) is 6.42 Å². The molecule has 0 aliphatic carbocycles. The highest BCUT2D eigenvalue weighted by atomic mass is 16.3. The molecule has 3 atom stereocenters. The highest BCUT2D eigenvalue weighted by Crippen LogP contribution is 2.31. The third-order valence-corrected chi connectivity index (χ3v) is 2.58. The van der Waals surface area contributed by atoms with Crippen LogP contribution in [0.2, 0.25) is 0 Å². The quantitative estimate of drug-likeness (QED) is 0.451. The number of carbonyl (C=O) groups is 1. The third-order valence-electron chi connectivity index (χ3n) is 2.58. The zero-order valence-electron chi connectivity index (χ0n) is 6.60. The molecule has 4 nitrogen and oxygen atoms in total. The van der Waals surface area contributed by atoms with Gasteiger partial charge in [0, 0.05) is 12.1 Å². The van der Waals surface area contributed by atoms with E-state index in [-0.39, 0.29) is 17.5 Å². The average Bonchev–Trinajstić information content (AvgIpc) is 2.49. The monoisotopic (exact) mass is 169 g/mol. The number of hydrogen-bond acceptors (Lipinski definition) is 3. The third kappa shape index (κ3) is 0.820. The van der Waals surface area contributed by atoms with Crippen LogP contribution >= 0.6 is 0 Å². The van der Waals surface area contributed by atoms with Crippen LogP contribution in [0, 0.1) is 0 Å². The summed E-state index contributed by atoms with van der Waals surface area (Å²) in [4.78, 5) is 12.8. The highest BCUT2D eigenvalue weighted by molar-refractivity contribution is 5.97. The smallest absolute Gasteiger partial charge is 0.252 e. The van der Waals surface area contributed by atoms with Crippen molar-refractivity contribution in [2.75, 3.05) is 6.54 Å². The maximum absolute atomic E-state index is 11.3. The van der Waals surface area contributed by atoms with Crippen molar-refractivity contribution in [3.05, 3.63) is 12.2 Å². The maximum Gasteiger partial charge on any atom is 0.252 e. The van der Waals surface area contributed by atoms with Crippen LogP contribution in [0.3, 0.4) is 0 Å². The standard InChI is InChI=1S/C8H11NO3/c1-4-7(11)6-2-5(10)3-9(6)8(4)12/h5-7,10-11H,1-3H2/t5-,6-,7+/m1/s1. The molecular formula is C8H11NO3. The minimum atomic E-state index is -0.783. The van der Waals surface area contributed by atoms with Crippen molar-refractivity contribution in [3.8, 4) is 0 Å². The summed E-state index contributed by atoms with van der Waals surface area (Å²) in [5, 5.41) is 18.7. The van der Waals surface area contributed by atoms with Gasteiger partial charge in [0.15, 0.2) is 0 Å². The van der Waals surface area contributed by atoms with E-state index in [0.717, 1.165) is 0 Å². The second-order valence-corrected chi connectivity index (χ2v) is 3.38. The maximum atomic E-state index is 11.3. The Morgan fingerprint density at radius 2 is 2.17 bits per heavy atom. The van der Waals surface area contributed by atoms with Gasteiger partial charge in [0.05, 0.1) is 12.1 Å². The topological polar surface area (TPSA) is 60.8 Å². The molecular weight excluding hydrogens is 158 g/mol. The molecule has 2 aliphatic rings. The first-order chi connectivity index (χ1) is 5.61. The number of hydrogen-bond donors (Lipinski definition) is 2. The molecule has 0 aromatic carbocycles. The number of amides is 1.